The fourth-order valence-electron chi connectivity index (χ4n) is 6.41. The van der Waals surface area contributed by atoms with Gasteiger partial charge in [0.2, 0.25) is 0 Å². The van der Waals surface area contributed by atoms with Gasteiger partial charge in [0.25, 0.3) is 0 Å². The first-order chi connectivity index (χ1) is 19.6. The van der Waals surface area contributed by atoms with Crippen molar-refractivity contribution in [3.8, 4) is 33.6 Å². The summed E-state index contributed by atoms with van der Waals surface area (Å²) in [4.78, 5) is 13.1. The van der Waals surface area contributed by atoms with Gasteiger partial charge >= 0.3 is 0 Å². The Balaban J connectivity index is 1.32. The molecule has 0 unspecified atom stereocenters. The van der Waals surface area contributed by atoms with Gasteiger partial charge < -0.3 is 4.90 Å². The Kier molecular flexibility index (Phi) is 5.02. The fourth-order valence-corrected chi connectivity index (χ4v) is 6.41. The first-order valence-corrected chi connectivity index (χ1v) is 13.2. The van der Waals surface area contributed by atoms with E-state index < -0.39 is 11.6 Å². The topological polar surface area (TPSA) is 78.2 Å². The highest BCUT2D eigenvalue weighted by atomic mass is 19.1. The van der Waals surface area contributed by atoms with E-state index in [1.165, 1.54) is 12.1 Å². The van der Waals surface area contributed by atoms with Gasteiger partial charge in [-0.25, -0.2) is 18.3 Å². The maximum atomic E-state index is 15.9. The zero-order valence-electron chi connectivity index (χ0n) is 21.6. The summed E-state index contributed by atoms with van der Waals surface area (Å²) in [6.45, 7) is 1.56. The molecule has 8 rings (SSSR count). The zero-order chi connectivity index (χ0) is 27.0. The summed E-state index contributed by atoms with van der Waals surface area (Å²) in [5.74, 6) is -0.944. The number of aromatic nitrogens is 6. The van der Waals surface area contributed by atoms with E-state index in [1.807, 2.05) is 35.2 Å². The van der Waals surface area contributed by atoms with Gasteiger partial charge in [-0.1, -0.05) is 12.1 Å². The largest absolute Gasteiger partial charge is 0.363 e. The minimum absolute atomic E-state index is 0.131. The number of nitrogens with one attached hydrogen (secondary N) is 1. The Morgan fingerprint density at radius 2 is 1.80 bits per heavy atom. The molecule has 2 bridgehead atoms. The number of benzene rings is 2. The van der Waals surface area contributed by atoms with Gasteiger partial charge in [-0.05, 0) is 49.4 Å². The molecular formula is C30H24F2N8. The number of piperazine rings is 1. The molecule has 8 nitrogen and oxygen atoms in total. The number of H-pyrrole nitrogens is 1. The number of fused-ring (bicyclic) bond motifs is 4. The van der Waals surface area contributed by atoms with E-state index in [-0.39, 0.29) is 11.6 Å². The van der Waals surface area contributed by atoms with Crippen LogP contribution in [0.3, 0.4) is 0 Å². The Morgan fingerprint density at radius 3 is 2.60 bits per heavy atom. The van der Waals surface area contributed by atoms with Crippen LogP contribution in [0.1, 0.15) is 6.42 Å². The fraction of sp³-hybridized carbons (Fsp3) is 0.200. The first-order valence-electron chi connectivity index (χ1n) is 13.2. The third kappa shape index (κ3) is 3.39. The summed E-state index contributed by atoms with van der Waals surface area (Å²) in [6, 6.07) is 14.5. The van der Waals surface area contributed by atoms with Gasteiger partial charge in [0.1, 0.15) is 17.3 Å². The van der Waals surface area contributed by atoms with E-state index in [2.05, 4.69) is 32.1 Å². The van der Waals surface area contributed by atoms with Crippen LogP contribution in [-0.2, 0) is 0 Å². The van der Waals surface area contributed by atoms with Crippen molar-refractivity contribution in [2.45, 2.75) is 18.5 Å². The third-order valence-electron chi connectivity index (χ3n) is 8.36. The van der Waals surface area contributed by atoms with Crippen LogP contribution in [0.15, 0.2) is 73.3 Å². The maximum Gasteiger partial charge on any atom is 0.164 e. The molecule has 2 atom stereocenters. The number of likely N-dealkylation sites (tertiary alicyclic amines) is 1. The SMILES string of the molecule is CN1C[C@@H]2C[C@H]1CN2c1cc(F)c(-c2ccnc3c(-c4cccc5[nH]ncc45)c(-c4ccncc4)nn23)cc1F. The average Bonchev–Trinajstić information content (AvgIpc) is 3.76. The Bertz CT molecular complexity index is 1910. The molecule has 0 amide bonds. The molecule has 0 radical (unpaired) electrons. The number of anilines is 1. The van der Waals surface area contributed by atoms with Crippen LogP contribution in [-0.4, -0.2) is 66.9 Å². The predicted octanol–water partition coefficient (Wildman–Crippen LogP) is 5.17. The molecule has 6 heterocycles. The van der Waals surface area contributed by atoms with Gasteiger partial charge in [-0.15, -0.1) is 0 Å². The molecule has 0 saturated carbocycles. The zero-order valence-corrected chi connectivity index (χ0v) is 21.6. The molecule has 10 heteroatoms. The standard InChI is InChI=1S/C30H24F2N8/c1-38-15-19-11-18(38)16-39(19)27-13-23(31)21(12-24(27)32)26-7-10-34-30-28(20-3-2-4-25-22(20)14-35-36-25)29(37-40(26)30)17-5-8-33-9-6-17/h2-10,12-14,18-19H,11,15-16H2,1H3,(H,35,36)/t18-,19-/m0/s1. The molecule has 2 aromatic carbocycles. The van der Waals surface area contributed by atoms with Crippen LogP contribution in [0.25, 0.3) is 50.2 Å². The lowest BCUT2D eigenvalue weighted by atomic mass is 9.99. The van der Waals surface area contributed by atoms with Crippen LogP contribution < -0.4 is 4.90 Å². The molecule has 4 aromatic heterocycles. The van der Waals surface area contributed by atoms with Crippen molar-refractivity contribution in [2.24, 2.45) is 0 Å². The minimum atomic E-state index is -0.500. The highest BCUT2D eigenvalue weighted by Gasteiger charge is 2.42. The average molecular weight is 535 g/mol. The van der Waals surface area contributed by atoms with Crippen molar-refractivity contribution in [3.05, 3.63) is 85.0 Å². The molecule has 2 fully saturated rings. The summed E-state index contributed by atoms with van der Waals surface area (Å²) in [5.41, 5.74) is 5.41. The lowest BCUT2D eigenvalue weighted by molar-refractivity contribution is 0.292. The van der Waals surface area contributed by atoms with Crippen LogP contribution in [0.2, 0.25) is 0 Å². The van der Waals surface area contributed by atoms with Crippen LogP contribution in [0, 0.1) is 11.6 Å². The summed E-state index contributed by atoms with van der Waals surface area (Å²) < 4.78 is 33.1. The molecular weight excluding hydrogens is 510 g/mol. The first kappa shape index (κ1) is 23.2. The van der Waals surface area contributed by atoms with E-state index >= 15 is 8.78 Å². The second-order valence-electron chi connectivity index (χ2n) is 10.6. The monoisotopic (exact) mass is 534 g/mol. The number of pyridine rings is 1. The Hall–Kier alpha value is -4.70. The number of nitrogens with zero attached hydrogens (tertiary/aromatic N) is 7. The predicted molar refractivity (Wildman–Crippen MR) is 149 cm³/mol. The summed E-state index contributed by atoms with van der Waals surface area (Å²) in [6.07, 6.45) is 7.76. The Morgan fingerprint density at radius 1 is 0.925 bits per heavy atom. The van der Waals surface area contributed by atoms with E-state index in [1.54, 1.807) is 35.4 Å². The second kappa shape index (κ2) is 8.65. The van der Waals surface area contributed by atoms with Gasteiger partial charge in [-0.2, -0.15) is 10.2 Å². The molecule has 40 heavy (non-hydrogen) atoms. The molecule has 2 aliphatic heterocycles. The highest BCUT2D eigenvalue weighted by molar-refractivity contribution is 6.02. The molecule has 6 aromatic rings. The van der Waals surface area contributed by atoms with Gasteiger partial charge in [0, 0.05) is 66.3 Å². The van der Waals surface area contributed by atoms with Crippen molar-refractivity contribution in [3.63, 3.8) is 0 Å². The number of aromatic amines is 1. The lowest BCUT2D eigenvalue weighted by Gasteiger charge is -2.34. The lowest BCUT2D eigenvalue weighted by Crippen LogP contribution is -2.44. The van der Waals surface area contributed by atoms with E-state index in [4.69, 9.17) is 5.10 Å². The van der Waals surface area contributed by atoms with E-state index in [0.29, 0.717) is 35.3 Å². The second-order valence-corrected chi connectivity index (χ2v) is 10.6. The molecule has 0 aliphatic carbocycles. The Labute approximate surface area is 227 Å². The number of hydrogen-bond donors (Lipinski definition) is 1. The molecule has 198 valence electrons. The molecule has 2 aliphatic rings. The van der Waals surface area contributed by atoms with Crippen LogP contribution in [0.4, 0.5) is 14.5 Å². The van der Waals surface area contributed by atoms with Crippen LogP contribution in [0.5, 0.6) is 0 Å². The van der Waals surface area contributed by atoms with Gasteiger partial charge in [0.15, 0.2) is 5.65 Å². The molecule has 2 saturated heterocycles. The van der Waals surface area contributed by atoms with E-state index in [9.17, 15) is 0 Å². The van der Waals surface area contributed by atoms with Gasteiger partial charge in [-0.3, -0.25) is 15.0 Å². The normalized spacial score (nSPS) is 18.9. The number of rotatable bonds is 4. The smallest absolute Gasteiger partial charge is 0.164 e. The quantitative estimate of drug-likeness (QED) is 0.336. The third-order valence-corrected chi connectivity index (χ3v) is 8.36. The number of likely N-dealkylation sites (N-methyl/N-ethyl adjacent to an activating group) is 1. The van der Waals surface area contributed by atoms with Crippen molar-refractivity contribution in [2.75, 3.05) is 25.0 Å². The molecule has 0 spiro atoms. The van der Waals surface area contributed by atoms with Gasteiger partial charge in [0.05, 0.1) is 28.7 Å². The van der Waals surface area contributed by atoms with Crippen molar-refractivity contribution in [1.29, 1.82) is 0 Å². The van der Waals surface area contributed by atoms with Crippen molar-refractivity contribution in [1.82, 2.24) is 34.7 Å². The summed E-state index contributed by atoms with van der Waals surface area (Å²) >= 11 is 0. The highest BCUT2D eigenvalue weighted by Crippen LogP contribution is 2.41. The summed E-state index contributed by atoms with van der Waals surface area (Å²) in [7, 11) is 2.09. The van der Waals surface area contributed by atoms with E-state index in [0.717, 1.165) is 40.6 Å². The maximum absolute atomic E-state index is 15.9. The van der Waals surface area contributed by atoms with Crippen LogP contribution >= 0.6 is 0 Å². The van der Waals surface area contributed by atoms with Crippen molar-refractivity contribution >= 4 is 22.2 Å². The number of halogens is 2. The minimum Gasteiger partial charge on any atom is -0.363 e. The number of hydrogen-bond acceptors (Lipinski definition) is 6. The molecule has 1 N–H and O–H groups in total. The summed E-state index contributed by atoms with van der Waals surface area (Å²) in [5, 5.41) is 13.1. The van der Waals surface area contributed by atoms with Crippen molar-refractivity contribution < 1.29 is 8.78 Å².